The topological polar surface area (TPSA) is 70.5 Å². The van der Waals surface area contributed by atoms with E-state index in [9.17, 15) is 9.59 Å². The molecule has 0 spiro atoms. The summed E-state index contributed by atoms with van der Waals surface area (Å²) >= 11 is 0. The number of quaternary nitrogens is 1. The van der Waals surface area contributed by atoms with Crippen molar-refractivity contribution in [3.63, 3.8) is 0 Å². The van der Waals surface area contributed by atoms with Gasteiger partial charge in [-0.25, -0.2) is 5.10 Å². The van der Waals surface area contributed by atoms with Gasteiger partial charge in [-0.3, -0.25) is 9.59 Å². The molecular formula is C22H23N4O2+. The lowest BCUT2D eigenvalue weighted by atomic mass is 9.96. The Labute approximate surface area is 163 Å². The third-order valence-electron chi connectivity index (χ3n) is 5.27. The number of amides is 1. The van der Waals surface area contributed by atoms with E-state index in [0.717, 1.165) is 13.1 Å². The molecule has 0 bridgehead atoms. The Morgan fingerprint density at radius 1 is 0.893 bits per heavy atom. The number of nitrogens with one attached hydrogen (secondary N) is 2. The van der Waals surface area contributed by atoms with E-state index in [-0.39, 0.29) is 23.2 Å². The predicted molar refractivity (Wildman–Crippen MR) is 106 cm³/mol. The van der Waals surface area contributed by atoms with Crippen LogP contribution in [0.2, 0.25) is 0 Å². The van der Waals surface area contributed by atoms with E-state index in [2.05, 4.69) is 58.7 Å². The van der Waals surface area contributed by atoms with Crippen LogP contribution in [0.4, 0.5) is 0 Å². The molecule has 1 fully saturated rings. The molecule has 0 unspecified atom stereocenters. The first-order chi connectivity index (χ1) is 13.7. The molecule has 2 heterocycles. The highest BCUT2D eigenvalue weighted by Gasteiger charge is 2.32. The van der Waals surface area contributed by atoms with Gasteiger partial charge in [0.05, 0.1) is 26.2 Å². The highest BCUT2D eigenvalue weighted by Crippen LogP contribution is 2.19. The van der Waals surface area contributed by atoms with Crippen LogP contribution in [0.1, 0.15) is 27.7 Å². The van der Waals surface area contributed by atoms with Gasteiger partial charge in [-0.2, -0.15) is 5.10 Å². The Hall–Kier alpha value is -3.25. The van der Waals surface area contributed by atoms with Gasteiger partial charge in [0.2, 0.25) is 0 Å². The molecule has 1 aliphatic rings. The molecule has 1 amide bonds. The van der Waals surface area contributed by atoms with E-state index >= 15 is 0 Å². The quantitative estimate of drug-likeness (QED) is 0.712. The zero-order valence-electron chi connectivity index (χ0n) is 15.5. The fourth-order valence-electron chi connectivity index (χ4n) is 3.87. The summed E-state index contributed by atoms with van der Waals surface area (Å²) in [5.41, 5.74) is 2.54. The summed E-state index contributed by atoms with van der Waals surface area (Å²) in [6.07, 6.45) is 0. The lowest BCUT2D eigenvalue weighted by Gasteiger charge is -2.36. The Bertz CT molecular complexity index is 920. The molecule has 0 aliphatic carbocycles. The summed E-state index contributed by atoms with van der Waals surface area (Å²) in [7, 11) is 0. The molecule has 2 N–H and O–H groups in total. The van der Waals surface area contributed by atoms with Crippen molar-refractivity contribution in [2.24, 2.45) is 0 Å². The molecule has 28 heavy (non-hydrogen) atoms. The van der Waals surface area contributed by atoms with Gasteiger partial charge in [-0.05, 0) is 6.07 Å². The number of rotatable bonds is 4. The highest BCUT2D eigenvalue weighted by molar-refractivity contribution is 5.92. The fraction of sp³-hybridized carbons (Fsp3) is 0.227. The van der Waals surface area contributed by atoms with Crippen molar-refractivity contribution in [1.29, 1.82) is 0 Å². The van der Waals surface area contributed by atoms with Crippen molar-refractivity contribution >= 4 is 5.91 Å². The monoisotopic (exact) mass is 375 g/mol. The minimum absolute atomic E-state index is 0.133. The predicted octanol–water partition coefficient (Wildman–Crippen LogP) is 0.900. The van der Waals surface area contributed by atoms with Crippen LogP contribution in [0.3, 0.4) is 0 Å². The van der Waals surface area contributed by atoms with Crippen molar-refractivity contribution in [2.45, 2.75) is 6.04 Å². The van der Waals surface area contributed by atoms with E-state index in [1.54, 1.807) is 0 Å². The van der Waals surface area contributed by atoms with E-state index in [1.807, 2.05) is 17.0 Å². The standard InChI is InChI=1S/C22H22N4O2/c27-20-12-11-19(23-24-20)22(28)26-15-13-25(14-16-26)21(17-7-3-1-4-8-17)18-9-5-2-6-10-18/h1-12,21H,13-16H2,(H,24,27)/p+1. The second-order valence-corrected chi connectivity index (χ2v) is 7.01. The van der Waals surface area contributed by atoms with Crippen molar-refractivity contribution in [3.8, 4) is 0 Å². The zero-order chi connectivity index (χ0) is 19.3. The van der Waals surface area contributed by atoms with Gasteiger partial charge in [0, 0.05) is 17.2 Å². The molecule has 0 atom stereocenters. The van der Waals surface area contributed by atoms with Gasteiger partial charge in [0.1, 0.15) is 11.7 Å². The fourth-order valence-corrected chi connectivity index (χ4v) is 3.87. The number of carbonyl (C=O) groups is 1. The number of carbonyl (C=O) groups excluding carboxylic acids is 1. The second-order valence-electron chi connectivity index (χ2n) is 7.01. The average molecular weight is 375 g/mol. The highest BCUT2D eigenvalue weighted by atomic mass is 16.2. The summed E-state index contributed by atoms with van der Waals surface area (Å²) in [5.74, 6) is -0.133. The maximum absolute atomic E-state index is 12.7. The van der Waals surface area contributed by atoms with Crippen LogP contribution < -0.4 is 10.5 Å². The molecule has 0 radical (unpaired) electrons. The van der Waals surface area contributed by atoms with E-state index in [1.165, 1.54) is 28.2 Å². The maximum atomic E-state index is 12.7. The minimum Gasteiger partial charge on any atom is -0.326 e. The molecule has 6 heteroatoms. The molecule has 3 aromatic rings. The smallest absolute Gasteiger partial charge is 0.274 e. The van der Waals surface area contributed by atoms with Crippen molar-refractivity contribution in [1.82, 2.24) is 15.1 Å². The van der Waals surface area contributed by atoms with E-state index in [4.69, 9.17) is 0 Å². The van der Waals surface area contributed by atoms with Gasteiger partial charge >= 0.3 is 0 Å². The lowest BCUT2D eigenvalue weighted by molar-refractivity contribution is -0.929. The molecule has 1 saturated heterocycles. The number of hydrogen-bond acceptors (Lipinski definition) is 3. The first kappa shape index (κ1) is 18.1. The SMILES string of the molecule is O=C(c1ccc(=O)[nH]n1)N1CC[NH+](C(c2ccccc2)c2ccccc2)CC1. The third-order valence-corrected chi connectivity index (χ3v) is 5.27. The van der Waals surface area contributed by atoms with Crippen LogP contribution in [0.25, 0.3) is 0 Å². The number of aromatic amines is 1. The van der Waals surface area contributed by atoms with Gasteiger partial charge in [-0.1, -0.05) is 60.7 Å². The molecular weight excluding hydrogens is 352 g/mol. The molecule has 1 aliphatic heterocycles. The Morgan fingerprint density at radius 3 is 1.96 bits per heavy atom. The van der Waals surface area contributed by atoms with E-state index < -0.39 is 0 Å². The zero-order valence-corrected chi connectivity index (χ0v) is 15.5. The first-order valence-corrected chi connectivity index (χ1v) is 9.52. The van der Waals surface area contributed by atoms with Crippen LogP contribution in [0.15, 0.2) is 77.6 Å². The van der Waals surface area contributed by atoms with Crippen LogP contribution >= 0.6 is 0 Å². The number of nitrogens with zero attached hydrogens (tertiary/aromatic N) is 2. The number of benzene rings is 2. The van der Waals surface area contributed by atoms with Gasteiger partial charge in [0.25, 0.3) is 11.5 Å². The lowest BCUT2D eigenvalue weighted by Crippen LogP contribution is -3.15. The van der Waals surface area contributed by atoms with Crippen LogP contribution in [0.5, 0.6) is 0 Å². The summed E-state index contributed by atoms with van der Waals surface area (Å²) in [6.45, 7) is 3.02. The molecule has 142 valence electrons. The Kier molecular flexibility index (Phi) is 5.30. The number of hydrogen-bond donors (Lipinski definition) is 2. The maximum Gasteiger partial charge on any atom is 0.274 e. The van der Waals surface area contributed by atoms with E-state index in [0.29, 0.717) is 13.1 Å². The second kappa shape index (κ2) is 8.19. The Morgan fingerprint density at radius 2 is 1.46 bits per heavy atom. The largest absolute Gasteiger partial charge is 0.326 e. The van der Waals surface area contributed by atoms with Gasteiger partial charge < -0.3 is 9.80 Å². The van der Waals surface area contributed by atoms with Crippen LogP contribution in [-0.4, -0.2) is 47.2 Å². The minimum atomic E-state index is -0.306. The molecule has 0 saturated carbocycles. The molecule has 1 aromatic heterocycles. The summed E-state index contributed by atoms with van der Waals surface area (Å²) < 4.78 is 0. The normalized spacial score (nSPS) is 15.0. The average Bonchev–Trinajstić information content (AvgIpc) is 2.76. The Balaban J connectivity index is 1.51. The van der Waals surface area contributed by atoms with Crippen LogP contribution in [0, 0.1) is 0 Å². The van der Waals surface area contributed by atoms with Crippen molar-refractivity contribution in [2.75, 3.05) is 26.2 Å². The van der Waals surface area contributed by atoms with Crippen molar-refractivity contribution in [3.05, 3.63) is 100.0 Å². The molecule has 6 nitrogen and oxygen atoms in total. The third kappa shape index (κ3) is 3.87. The molecule has 2 aromatic carbocycles. The molecule has 4 rings (SSSR count). The summed E-state index contributed by atoms with van der Waals surface area (Å²) in [6, 6.07) is 24.1. The van der Waals surface area contributed by atoms with Gasteiger partial charge in [-0.15, -0.1) is 0 Å². The van der Waals surface area contributed by atoms with Crippen molar-refractivity contribution < 1.29 is 9.69 Å². The first-order valence-electron chi connectivity index (χ1n) is 9.52. The number of H-pyrrole nitrogens is 1. The summed E-state index contributed by atoms with van der Waals surface area (Å²) in [4.78, 5) is 27.1. The van der Waals surface area contributed by atoms with Gasteiger partial charge in [0.15, 0.2) is 0 Å². The summed E-state index contributed by atoms with van der Waals surface area (Å²) in [5, 5.41) is 6.20. The number of piperazine rings is 1. The van der Waals surface area contributed by atoms with Crippen LogP contribution in [-0.2, 0) is 0 Å². The number of aromatic nitrogens is 2.